The number of allylic oxidation sites excluding steroid dienone is 1. The Kier molecular flexibility index (Phi) is 4.76. The van der Waals surface area contributed by atoms with Gasteiger partial charge in [0.25, 0.3) is 0 Å². The van der Waals surface area contributed by atoms with Crippen molar-refractivity contribution in [3.05, 3.63) is 11.9 Å². The number of ether oxygens (including phenoxy) is 1. The quantitative estimate of drug-likeness (QED) is 0.504. The summed E-state index contributed by atoms with van der Waals surface area (Å²) >= 11 is 0. The van der Waals surface area contributed by atoms with E-state index in [9.17, 15) is 4.79 Å². The lowest BCUT2D eigenvalue weighted by molar-refractivity contribution is -0.132. The Balaban J connectivity index is 4.35. The molecule has 0 atom stereocenters. The monoisotopic (exact) mass is 170 g/mol. The molecule has 0 aromatic rings. The van der Waals surface area contributed by atoms with Crippen molar-refractivity contribution >= 4 is 11.7 Å². The van der Waals surface area contributed by atoms with Gasteiger partial charge in [0, 0.05) is 0 Å². The molecule has 0 unspecified atom stereocenters. The first-order valence-corrected chi connectivity index (χ1v) is 3.71. The summed E-state index contributed by atoms with van der Waals surface area (Å²) in [5.74, 6) is -0.108. The number of methoxy groups -OCH3 is 1. The van der Waals surface area contributed by atoms with Gasteiger partial charge >= 0.3 is 5.97 Å². The van der Waals surface area contributed by atoms with Gasteiger partial charge in [-0.05, 0) is 19.4 Å². The van der Waals surface area contributed by atoms with Crippen molar-refractivity contribution in [3.8, 4) is 0 Å². The Labute approximate surface area is 72.1 Å². The molecule has 0 heterocycles. The first-order chi connectivity index (χ1) is 5.61. The van der Waals surface area contributed by atoms with E-state index in [-0.39, 0.29) is 5.71 Å². The summed E-state index contributed by atoms with van der Waals surface area (Å²) in [5.41, 5.74) is 5.71. The molecule has 0 bridgehead atoms. The zero-order valence-electron chi connectivity index (χ0n) is 7.63. The average molecular weight is 170 g/mol. The third kappa shape index (κ3) is 3.75. The number of hydrogen-bond acceptors (Lipinski definition) is 4. The molecule has 0 amide bonds. The van der Waals surface area contributed by atoms with Gasteiger partial charge < -0.3 is 10.5 Å². The van der Waals surface area contributed by atoms with E-state index in [2.05, 4.69) is 9.73 Å². The highest BCUT2D eigenvalue weighted by Crippen LogP contribution is 1.92. The lowest BCUT2D eigenvalue weighted by Crippen LogP contribution is -2.13. The van der Waals surface area contributed by atoms with Gasteiger partial charge in [-0.2, -0.15) is 0 Å². The fraction of sp³-hybridized carbons (Fsp3) is 0.500. The summed E-state index contributed by atoms with van der Waals surface area (Å²) in [6.45, 7) is 3.50. The number of rotatable bonds is 3. The van der Waals surface area contributed by atoms with Crippen molar-refractivity contribution < 1.29 is 9.53 Å². The SMILES string of the molecule is CC/C=C(/N)N=C(C)C(=O)OC. The van der Waals surface area contributed by atoms with Crippen LogP contribution in [0.3, 0.4) is 0 Å². The number of nitrogens with two attached hydrogens (primary N) is 1. The molecule has 4 nitrogen and oxygen atoms in total. The van der Waals surface area contributed by atoms with E-state index in [0.717, 1.165) is 6.42 Å². The molecule has 2 N–H and O–H groups in total. The van der Waals surface area contributed by atoms with E-state index in [1.54, 1.807) is 13.0 Å². The van der Waals surface area contributed by atoms with E-state index in [1.165, 1.54) is 7.11 Å². The minimum atomic E-state index is -0.456. The molecule has 68 valence electrons. The van der Waals surface area contributed by atoms with E-state index in [0.29, 0.717) is 5.82 Å². The molecular formula is C8H14N2O2. The van der Waals surface area contributed by atoms with Crippen LogP contribution in [0.2, 0.25) is 0 Å². The molecule has 0 aromatic heterocycles. The number of hydrogen-bond donors (Lipinski definition) is 1. The summed E-state index contributed by atoms with van der Waals surface area (Å²) in [6.07, 6.45) is 2.52. The smallest absolute Gasteiger partial charge is 0.352 e. The molecule has 0 aliphatic carbocycles. The largest absolute Gasteiger partial charge is 0.465 e. The molecule has 0 rings (SSSR count). The second-order valence-electron chi connectivity index (χ2n) is 2.23. The molecule has 0 saturated carbocycles. The lowest BCUT2D eigenvalue weighted by atomic mass is 10.4. The van der Waals surface area contributed by atoms with Crippen LogP contribution in [0, 0.1) is 0 Å². The minimum Gasteiger partial charge on any atom is -0.465 e. The van der Waals surface area contributed by atoms with Crippen molar-refractivity contribution in [1.29, 1.82) is 0 Å². The Morgan fingerprint density at radius 1 is 1.67 bits per heavy atom. The van der Waals surface area contributed by atoms with Crippen LogP contribution >= 0.6 is 0 Å². The molecule has 0 aliphatic heterocycles. The van der Waals surface area contributed by atoms with Crippen LogP contribution in [0.4, 0.5) is 0 Å². The Bertz CT molecular complexity index is 219. The second kappa shape index (κ2) is 5.35. The van der Waals surface area contributed by atoms with Crippen LogP contribution in [-0.4, -0.2) is 18.8 Å². The fourth-order valence-electron chi connectivity index (χ4n) is 0.642. The van der Waals surface area contributed by atoms with Gasteiger partial charge in [-0.25, -0.2) is 9.79 Å². The summed E-state index contributed by atoms with van der Waals surface area (Å²) in [6, 6.07) is 0. The zero-order valence-corrected chi connectivity index (χ0v) is 7.63. The van der Waals surface area contributed by atoms with Crippen LogP contribution in [0.1, 0.15) is 20.3 Å². The third-order valence-electron chi connectivity index (χ3n) is 1.19. The molecular weight excluding hydrogens is 156 g/mol. The highest BCUT2D eigenvalue weighted by molar-refractivity contribution is 6.35. The highest BCUT2D eigenvalue weighted by atomic mass is 16.5. The van der Waals surface area contributed by atoms with Crippen LogP contribution < -0.4 is 5.73 Å². The maximum absolute atomic E-state index is 10.8. The maximum atomic E-state index is 10.8. The molecule has 0 aliphatic rings. The van der Waals surface area contributed by atoms with E-state index in [1.807, 2.05) is 6.92 Å². The van der Waals surface area contributed by atoms with Crippen molar-refractivity contribution in [2.45, 2.75) is 20.3 Å². The number of esters is 1. The van der Waals surface area contributed by atoms with Crippen LogP contribution in [0.25, 0.3) is 0 Å². The second-order valence-corrected chi connectivity index (χ2v) is 2.23. The van der Waals surface area contributed by atoms with E-state index >= 15 is 0 Å². The van der Waals surface area contributed by atoms with Crippen LogP contribution in [0.5, 0.6) is 0 Å². The predicted octanol–water partition coefficient (Wildman–Crippen LogP) is 0.830. The molecule has 4 heteroatoms. The van der Waals surface area contributed by atoms with Gasteiger partial charge in [-0.15, -0.1) is 0 Å². The van der Waals surface area contributed by atoms with Gasteiger partial charge in [0.2, 0.25) is 0 Å². The van der Waals surface area contributed by atoms with Gasteiger partial charge in [0.1, 0.15) is 11.5 Å². The molecule has 0 aromatic carbocycles. The first kappa shape index (κ1) is 10.7. The third-order valence-corrected chi connectivity index (χ3v) is 1.19. The molecule has 0 fully saturated rings. The van der Waals surface area contributed by atoms with E-state index in [4.69, 9.17) is 5.73 Å². The number of carbonyl (C=O) groups excluding carboxylic acids is 1. The van der Waals surface area contributed by atoms with Gasteiger partial charge in [-0.1, -0.05) is 6.92 Å². The standard InChI is InChI=1S/C8H14N2O2/c1-4-5-7(9)10-6(2)8(11)12-3/h5H,4,9H2,1-3H3/b7-5-,10-6?. The van der Waals surface area contributed by atoms with Gasteiger partial charge in [0.15, 0.2) is 0 Å². The first-order valence-electron chi connectivity index (χ1n) is 3.71. The summed E-state index contributed by atoms with van der Waals surface area (Å²) < 4.78 is 4.44. The molecule has 0 saturated heterocycles. The number of carbonyl (C=O) groups is 1. The van der Waals surface area contributed by atoms with Crippen molar-refractivity contribution in [2.24, 2.45) is 10.7 Å². The molecule has 12 heavy (non-hydrogen) atoms. The van der Waals surface area contributed by atoms with Crippen molar-refractivity contribution in [3.63, 3.8) is 0 Å². The maximum Gasteiger partial charge on any atom is 0.352 e. The molecule has 0 radical (unpaired) electrons. The van der Waals surface area contributed by atoms with Gasteiger partial charge in [0.05, 0.1) is 7.11 Å². The minimum absolute atomic E-state index is 0.264. The average Bonchev–Trinajstić information content (AvgIpc) is 2.03. The Morgan fingerprint density at radius 2 is 2.25 bits per heavy atom. The number of nitrogens with zero attached hydrogens (tertiary/aromatic N) is 1. The van der Waals surface area contributed by atoms with Crippen molar-refractivity contribution in [1.82, 2.24) is 0 Å². The van der Waals surface area contributed by atoms with Crippen molar-refractivity contribution in [2.75, 3.05) is 7.11 Å². The summed E-state index contributed by atoms with van der Waals surface area (Å²) in [7, 11) is 1.31. The zero-order chi connectivity index (χ0) is 9.56. The Hall–Kier alpha value is -1.32. The Morgan fingerprint density at radius 3 is 2.67 bits per heavy atom. The van der Waals surface area contributed by atoms with E-state index < -0.39 is 5.97 Å². The van der Waals surface area contributed by atoms with Crippen LogP contribution in [0.15, 0.2) is 16.9 Å². The summed E-state index contributed by atoms with van der Waals surface area (Å²) in [4.78, 5) is 14.6. The molecule has 0 spiro atoms. The number of aliphatic imine (C=N–C) groups is 1. The predicted molar refractivity (Wildman–Crippen MR) is 47.7 cm³/mol. The highest BCUT2D eigenvalue weighted by Gasteiger charge is 2.03. The topological polar surface area (TPSA) is 64.7 Å². The van der Waals surface area contributed by atoms with Gasteiger partial charge in [-0.3, -0.25) is 0 Å². The fourth-order valence-corrected chi connectivity index (χ4v) is 0.642. The van der Waals surface area contributed by atoms with Crippen LogP contribution in [-0.2, 0) is 9.53 Å². The summed E-state index contributed by atoms with van der Waals surface area (Å²) in [5, 5.41) is 0. The normalized spacial score (nSPS) is 12.9. The lowest BCUT2D eigenvalue weighted by Gasteiger charge is -1.97.